The van der Waals surface area contributed by atoms with Crippen molar-refractivity contribution in [2.75, 3.05) is 18.1 Å². The Bertz CT molecular complexity index is 312. The number of carboxylic acid groups (broad SMARTS) is 1. The fourth-order valence-electron chi connectivity index (χ4n) is 0.843. The van der Waals surface area contributed by atoms with Gasteiger partial charge in [0.05, 0.1) is 11.9 Å². The standard InChI is InChI=1S/C7H9N3O2/c1-9-6-5(7(11)12)2-4(8)3-10-6/h2-3H,8H2,1H3,(H,9,10)(H,11,12). The van der Waals surface area contributed by atoms with Gasteiger partial charge >= 0.3 is 5.97 Å². The van der Waals surface area contributed by atoms with Crippen molar-refractivity contribution >= 4 is 17.5 Å². The minimum absolute atomic E-state index is 0.0810. The highest BCUT2D eigenvalue weighted by atomic mass is 16.4. The highest BCUT2D eigenvalue weighted by Crippen LogP contribution is 2.14. The molecule has 0 fully saturated rings. The van der Waals surface area contributed by atoms with Crippen molar-refractivity contribution in [2.45, 2.75) is 0 Å². The number of aromatic nitrogens is 1. The first-order valence-electron chi connectivity index (χ1n) is 3.31. The van der Waals surface area contributed by atoms with Gasteiger partial charge in [-0.25, -0.2) is 9.78 Å². The highest BCUT2D eigenvalue weighted by Gasteiger charge is 2.09. The molecule has 0 spiro atoms. The number of pyridine rings is 1. The Hall–Kier alpha value is -1.78. The lowest BCUT2D eigenvalue weighted by Gasteiger charge is -2.03. The molecule has 64 valence electrons. The summed E-state index contributed by atoms with van der Waals surface area (Å²) in [5.74, 6) is -0.726. The monoisotopic (exact) mass is 167 g/mol. The molecule has 0 saturated heterocycles. The minimum Gasteiger partial charge on any atom is -0.478 e. The molecule has 5 heteroatoms. The summed E-state index contributed by atoms with van der Waals surface area (Å²) in [6.45, 7) is 0. The van der Waals surface area contributed by atoms with E-state index in [-0.39, 0.29) is 5.56 Å². The zero-order chi connectivity index (χ0) is 9.14. The van der Waals surface area contributed by atoms with E-state index in [1.807, 2.05) is 0 Å². The van der Waals surface area contributed by atoms with E-state index in [1.54, 1.807) is 7.05 Å². The zero-order valence-electron chi connectivity index (χ0n) is 6.53. The molecule has 0 unspecified atom stereocenters. The number of hydrogen-bond donors (Lipinski definition) is 3. The van der Waals surface area contributed by atoms with Crippen LogP contribution in [0.4, 0.5) is 11.5 Å². The number of anilines is 2. The molecule has 5 nitrogen and oxygen atoms in total. The SMILES string of the molecule is CNc1ncc(N)cc1C(=O)O. The fourth-order valence-corrected chi connectivity index (χ4v) is 0.843. The van der Waals surface area contributed by atoms with Crippen LogP contribution in [0, 0.1) is 0 Å². The predicted molar refractivity (Wildman–Crippen MR) is 45.2 cm³/mol. The number of aromatic carboxylic acids is 1. The van der Waals surface area contributed by atoms with E-state index in [0.717, 1.165) is 0 Å². The molecule has 1 aromatic heterocycles. The van der Waals surface area contributed by atoms with Gasteiger partial charge in [-0.05, 0) is 6.07 Å². The normalized spacial score (nSPS) is 9.42. The Labute approximate surface area is 69.2 Å². The van der Waals surface area contributed by atoms with Gasteiger partial charge in [-0.15, -0.1) is 0 Å². The number of nitrogens with one attached hydrogen (secondary N) is 1. The van der Waals surface area contributed by atoms with Gasteiger partial charge in [0.2, 0.25) is 0 Å². The average molecular weight is 167 g/mol. The summed E-state index contributed by atoms with van der Waals surface area (Å²) in [5, 5.41) is 11.3. The number of hydrogen-bond acceptors (Lipinski definition) is 4. The number of carbonyl (C=O) groups is 1. The first-order chi connectivity index (χ1) is 5.65. The molecule has 0 aliphatic rings. The van der Waals surface area contributed by atoms with Gasteiger partial charge in [-0.1, -0.05) is 0 Å². The summed E-state index contributed by atoms with van der Waals surface area (Å²) >= 11 is 0. The Balaban J connectivity index is 3.21. The highest BCUT2D eigenvalue weighted by molar-refractivity contribution is 5.93. The summed E-state index contributed by atoms with van der Waals surface area (Å²) < 4.78 is 0. The van der Waals surface area contributed by atoms with Gasteiger partial charge in [0.15, 0.2) is 0 Å². The van der Waals surface area contributed by atoms with E-state index in [0.29, 0.717) is 11.5 Å². The molecule has 0 aliphatic carbocycles. The smallest absolute Gasteiger partial charge is 0.339 e. The molecule has 1 aromatic rings. The number of nitrogens with zero attached hydrogens (tertiary/aromatic N) is 1. The molecule has 0 amide bonds. The van der Waals surface area contributed by atoms with Gasteiger partial charge in [0.1, 0.15) is 11.4 Å². The van der Waals surface area contributed by atoms with E-state index in [4.69, 9.17) is 10.8 Å². The number of rotatable bonds is 2. The lowest BCUT2D eigenvalue weighted by molar-refractivity contribution is 0.0697. The number of nitrogen functional groups attached to an aromatic ring is 1. The van der Waals surface area contributed by atoms with E-state index in [1.165, 1.54) is 12.3 Å². The van der Waals surface area contributed by atoms with Crippen molar-refractivity contribution in [3.05, 3.63) is 17.8 Å². The van der Waals surface area contributed by atoms with Crippen molar-refractivity contribution in [2.24, 2.45) is 0 Å². The topological polar surface area (TPSA) is 88.2 Å². The second-order valence-corrected chi connectivity index (χ2v) is 2.22. The maximum atomic E-state index is 10.6. The summed E-state index contributed by atoms with van der Waals surface area (Å²) in [4.78, 5) is 14.4. The average Bonchev–Trinajstić information content (AvgIpc) is 2.04. The van der Waals surface area contributed by atoms with Crippen molar-refractivity contribution in [1.82, 2.24) is 4.98 Å². The first-order valence-corrected chi connectivity index (χ1v) is 3.31. The number of nitrogens with two attached hydrogens (primary N) is 1. The molecule has 0 aliphatic heterocycles. The van der Waals surface area contributed by atoms with Crippen LogP contribution in [-0.2, 0) is 0 Å². The molecule has 4 N–H and O–H groups in total. The van der Waals surface area contributed by atoms with Gasteiger partial charge < -0.3 is 16.2 Å². The van der Waals surface area contributed by atoms with Gasteiger partial charge in [-0.2, -0.15) is 0 Å². The Morgan fingerprint density at radius 2 is 2.42 bits per heavy atom. The van der Waals surface area contributed by atoms with E-state index in [9.17, 15) is 4.79 Å². The molecule has 0 bridgehead atoms. The second-order valence-electron chi connectivity index (χ2n) is 2.22. The molecule has 12 heavy (non-hydrogen) atoms. The van der Waals surface area contributed by atoms with E-state index >= 15 is 0 Å². The van der Waals surface area contributed by atoms with Crippen molar-refractivity contribution in [3.8, 4) is 0 Å². The maximum absolute atomic E-state index is 10.6. The van der Waals surface area contributed by atoms with Crippen LogP contribution in [0.25, 0.3) is 0 Å². The van der Waals surface area contributed by atoms with Gasteiger partial charge in [-0.3, -0.25) is 0 Å². The third kappa shape index (κ3) is 1.45. The fraction of sp³-hybridized carbons (Fsp3) is 0.143. The summed E-state index contributed by atoms with van der Waals surface area (Å²) in [6, 6.07) is 1.36. The predicted octanol–water partition coefficient (Wildman–Crippen LogP) is 0.404. The lowest BCUT2D eigenvalue weighted by atomic mass is 10.2. The van der Waals surface area contributed by atoms with Crippen LogP contribution in [0.15, 0.2) is 12.3 Å². The summed E-state index contributed by atoms with van der Waals surface area (Å²) in [5.41, 5.74) is 5.79. The van der Waals surface area contributed by atoms with E-state index < -0.39 is 5.97 Å². The largest absolute Gasteiger partial charge is 0.478 e. The quantitative estimate of drug-likeness (QED) is 0.593. The molecule has 1 heterocycles. The summed E-state index contributed by atoms with van der Waals surface area (Å²) in [6.07, 6.45) is 1.40. The van der Waals surface area contributed by atoms with Crippen molar-refractivity contribution < 1.29 is 9.90 Å². The third-order valence-electron chi connectivity index (χ3n) is 1.38. The zero-order valence-corrected chi connectivity index (χ0v) is 6.53. The molecular weight excluding hydrogens is 158 g/mol. The minimum atomic E-state index is -1.04. The molecule has 0 saturated carbocycles. The van der Waals surface area contributed by atoms with Crippen LogP contribution in [0.2, 0.25) is 0 Å². The first kappa shape index (κ1) is 8.32. The molecule has 0 atom stereocenters. The molecule has 0 radical (unpaired) electrons. The second kappa shape index (κ2) is 3.08. The van der Waals surface area contributed by atoms with Gasteiger partial charge in [0.25, 0.3) is 0 Å². The maximum Gasteiger partial charge on any atom is 0.339 e. The van der Waals surface area contributed by atoms with Crippen molar-refractivity contribution in [1.29, 1.82) is 0 Å². The molecular formula is C7H9N3O2. The van der Waals surface area contributed by atoms with Crippen LogP contribution in [0.3, 0.4) is 0 Å². The summed E-state index contributed by atoms with van der Waals surface area (Å²) in [7, 11) is 1.60. The Morgan fingerprint density at radius 1 is 1.75 bits per heavy atom. The van der Waals surface area contributed by atoms with Crippen LogP contribution in [-0.4, -0.2) is 23.1 Å². The number of carboxylic acids is 1. The molecule has 0 aromatic carbocycles. The Kier molecular flexibility index (Phi) is 2.14. The van der Waals surface area contributed by atoms with Gasteiger partial charge in [0, 0.05) is 7.05 Å². The van der Waals surface area contributed by atoms with Crippen LogP contribution in [0.1, 0.15) is 10.4 Å². The van der Waals surface area contributed by atoms with Crippen LogP contribution in [0.5, 0.6) is 0 Å². The van der Waals surface area contributed by atoms with Crippen molar-refractivity contribution in [3.63, 3.8) is 0 Å². The van der Waals surface area contributed by atoms with E-state index in [2.05, 4.69) is 10.3 Å². The van der Waals surface area contributed by atoms with Crippen LogP contribution < -0.4 is 11.1 Å². The molecule has 1 rings (SSSR count). The Morgan fingerprint density at radius 3 is 2.92 bits per heavy atom. The lowest BCUT2D eigenvalue weighted by Crippen LogP contribution is -2.05. The van der Waals surface area contributed by atoms with Crippen LogP contribution >= 0.6 is 0 Å². The third-order valence-corrected chi connectivity index (χ3v) is 1.38.